The third-order valence-electron chi connectivity index (χ3n) is 5.16. The van der Waals surface area contributed by atoms with Crippen molar-refractivity contribution in [2.24, 2.45) is 23.7 Å². The van der Waals surface area contributed by atoms with Gasteiger partial charge in [0.1, 0.15) is 6.10 Å². The number of hydrogen-bond acceptors (Lipinski definition) is 4. The van der Waals surface area contributed by atoms with Gasteiger partial charge < -0.3 is 15.2 Å². The molecule has 1 amide bonds. The molecule has 2 bridgehead atoms. The molecule has 6 heteroatoms. The summed E-state index contributed by atoms with van der Waals surface area (Å²) in [5.74, 6) is -1.83. The Morgan fingerprint density at radius 2 is 2.09 bits per heavy atom. The van der Waals surface area contributed by atoms with Crippen LogP contribution >= 0.6 is 0 Å². The highest BCUT2D eigenvalue weighted by atomic mass is 16.6. The Hall–Kier alpha value is -2.37. The predicted molar refractivity (Wildman–Crippen MR) is 75.1 cm³/mol. The molecule has 0 radical (unpaired) electrons. The van der Waals surface area contributed by atoms with Gasteiger partial charge in [0.25, 0.3) is 0 Å². The Kier molecular flexibility index (Phi) is 2.76. The minimum absolute atomic E-state index is 0.00175. The van der Waals surface area contributed by atoms with E-state index in [-0.39, 0.29) is 47.2 Å². The number of ether oxygens (including phenoxy) is 1. The van der Waals surface area contributed by atoms with Gasteiger partial charge in [0.05, 0.1) is 17.4 Å². The van der Waals surface area contributed by atoms with Crippen molar-refractivity contribution in [1.29, 1.82) is 0 Å². The molecule has 0 spiro atoms. The molecule has 1 aromatic carbocycles. The Balaban J connectivity index is 1.55. The maximum atomic E-state index is 12.6. The summed E-state index contributed by atoms with van der Waals surface area (Å²) in [6.07, 6.45) is 1.64. The molecule has 6 nitrogen and oxygen atoms in total. The maximum Gasteiger partial charge on any atom is 0.335 e. The van der Waals surface area contributed by atoms with E-state index >= 15 is 0 Å². The van der Waals surface area contributed by atoms with Crippen molar-refractivity contribution >= 4 is 23.5 Å². The third kappa shape index (κ3) is 1.83. The molecule has 1 saturated heterocycles. The van der Waals surface area contributed by atoms with Crippen LogP contribution < -0.4 is 5.32 Å². The first kappa shape index (κ1) is 13.3. The minimum Gasteiger partial charge on any atom is -0.478 e. The van der Waals surface area contributed by atoms with E-state index in [1.54, 1.807) is 12.1 Å². The summed E-state index contributed by atoms with van der Waals surface area (Å²) in [6, 6.07) is 6.12. The zero-order valence-electron chi connectivity index (χ0n) is 11.7. The fourth-order valence-corrected chi connectivity index (χ4v) is 4.32. The van der Waals surface area contributed by atoms with Gasteiger partial charge in [0.15, 0.2) is 0 Å². The van der Waals surface area contributed by atoms with Crippen molar-refractivity contribution < 1.29 is 24.2 Å². The number of benzene rings is 1. The molecule has 1 heterocycles. The van der Waals surface area contributed by atoms with Crippen LogP contribution in [0.5, 0.6) is 0 Å². The number of anilines is 1. The number of amides is 1. The van der Waals surface area contributed by atoms with Crippen LogP contribution in [0, 0.1) is 23.7 Å². The van der Waals surface area contributed by atoms with E-state index in [2.05, 4.69) is 5.32 Å². The second-order valence-electron chi connectivity index (χ2n) is 6.30. The van der Waals surface area contributed by atoms with Crippen LogP contribution in [0.25, 0.3) is 0 Å². The van der Waals surface area contributed by atoms with Crippen LogP contribution in [0.2, 0.25) is 0 Å². The van der Waals surface area contributed by atoms with Gasteiger partial charge >= 0.3 is 11.9 Å². The molecular formula is C16H15NO5. The Bertz CT molecular complexity index is 683. The summed E-state index contributed by atoms with van der Waals surface area (Å²) in [4.78, 5) is 35.4. The molecule has 3 aliphatic rings. The van der Waals surface area contributed by atoms with Crippen molar-refractivity contribution in [1.82, 2.24) is 0 Å². The second kappa shape index (κ2) is 4.56. The zero-order chi connectivity index (χ0) is 15.4. The lowest BCUT2D eigenvalue weighted by atomic mass is 9.79. The molecular weight excluding hydrogens is 286 g/mol. The number of carbonyl (C=O) groups excluding carboxylic acids is 2. The van der Waals surface area contributed by atoms with Gasteiger partial charge in [0, 0.05) is 11.6 Å². The van der Waals surface area contributed by atoms with Gasteiger partial charge in [-0.1, -0.05) is 6.07 Å². The average Bonchev–Trinajstić information content (AvgIpc) is 3.08. The van der Waals surface area contributed by atoms with E-state index < -0.39 is 5.97 Å². The van der Waals surface area contributed by atoms with Crippen molar-refractivity contribution in [2.45, 2.75) is 18.9 Å². The molecule has 114 valence electrons. The fourth-order valence-electron chi connectivity index (χ4n) is 4.32. The highest BCUT2D eigenvalue weighted by Crippen LogP contribution is 2.57. The molecule has 2 aliphatic carbocycles. The smallest absolute Gasteiger partial charge is 0.335 e. The van der Waals surface area contributed by atoms with Gasteiger partial charge in [-0.25, -0.2) is 4.79 Å². The molecule has 2 N–H and O–H groups in total. The number of carboxylic acid groups (broad SMARTS) is 1. The monoisotopic (exact) mass is 301 g/mol. The molecule has 0 aromatic heterocycles. The molecule has 1 aromatic rings. The lowest BCUT2D eigenvalue weighted by Gasteiger charge is -2.23. The number of esters is 1. The Morgan fingerprint density at radius 3 is 2.86 bits per heavy atom. The van der Waals surface area contributed by atoms with E-state index in [4.69, 9.17) is 9.84 Å². The van der Waals surface area contributed by atoms with Crippen LogP contribution in [-0.4, -0.2) is 29.1 Å². The highest BCUT2D eigenvalue weighted by molar-refractivity contribution is 5.98. The summed E-state index contributed by atoms with van der Waals surface area (Å²) in [5.41, 5.74) is 0.557. The lowest BCUT2D eigenvalue weighted by Crippen LogP contribution is -2.35. The van der Waals surface area contributed by atoms with Crippen LogP contribution in [-0.2, 0) is 14.3 Å². The molecule has 1 aliphatic heterocycles. The molecule has 2 saturated carbocycles. The normalized spacial score (nSPS) is 34.5. The first-order chi connectivity index (χ1) is 10.5. The van der Waals surface area contributed by atoms with Crippen molar-refractivity contribution in [3.8, 4) is 0 Å². The summed E-state index contributed by atoms with van der Waals surface area (Å²) in [7, 11) is 0. The largest absolute Gasteiger partial charge is 0.478 e. The standard InChI is InChI=1S/C16H15NO5/c18-14(17-9-3-1-2-7(4-9)15(19)20)12-8-5-10-11(6-8)22-16(21)13(10)12/h1-4,8,10-13H,5-6H2,(H,17,18)(H,19,20)/t8-,10-,11-,12-,13+/m1/s1. The number of carboxylic acids is 1. The van der Waals surface area contributed by atoms with E-state index in [0.29, 0.717) is 5.69 Å². The molecule has 3 fully saturated rings. The predicted octanol–water partition coefficient (Wildman–Crippen LogP) is 1.52. The van der Waals surface area contributed by atoms with E-state index in [0.717, 1.165) is 12.8 Å². The SMILES string of the molecule is O=C(O)c1cccc(NC(=O)[C@@H]2[C@@H]3C[C@H]4[C@@H]2C(=O)O[C@@H]4C3)c1. The lowest BCUT2D eigenvalue weighted by molar-refractivity contribution is -0.145. The van der Waals surface area contributed by atoms with Crippen LogP contribution in [0.4, 0.5) is 5.69 Å². The van der Waals surface area contributed by atoms with Crippen LogP contribution in [0.1, 0.15) is 23.2 Å². The highest BCUT2D eigenvalue weighted by Gasteiger charge is 2.63. The van der Waals surface area contributed by atoms with Crippen molar-refractivity contribution in [2.75, 3.05) is 5.32 Å². The summed E-state index contributed by atoms with van der Waals surface area (Å²) in [5, 5.41) is 11.7. The number of nitrogens with one attached hydrogen (secondary N) is 1. The van der Waals surface area contributed by atoms with Gasteiger partial charge in [-0.05, 0) is 37.0 Å². The van der Waals surface area contributed by atoms with Crippen LogP contribution in [0.15, 0.2) is 24.3 Å². The molecule has 4 rings (SSSR count). The zero-order valence-corrected chi connectivity index (χ0v) is 11.7. The number of rotatable bonds is 3. The number of hydrogen-bond donors (Lipinski definition) is 2. The number of aromatic carboxylic acids is 1. The van der Waals surface area contributed by atoms with Gasteiger partial charge in [-0.3, -0.25) is 9.59 Å². The number of carbonyl (C=O) groups is 3. The molecule has 5 atom stereocenters. The fraction of sp³-hybridized carbons (Fsp3) is 0.438. The quantitative estimate of drug-likeness (QED) is 0.826. The summed E-state index contributed by atoms with van der Waals surface area (Å²) >= 11 is 0. The third-order valence-corrected chi connectivity index (χ3v) is 5.16. The Labute approximate surface area is 126 Å². The summed E-state index contributed by atoms with van der Waals surface area (Å²) in [6.45, 7) is 0. The maximum absolute atomic E-state index is 12.6. The first-order valence-corrected chi connectivity index (χ1v) is 7.39. The van der Waals surface area contributed by atoms with Crippen LogP contribution in [0.3, 0.4) is 0 Å². The Morgan fingerprint density at radius 1 is 1.27 bits per heavy atom. The van der Waals surface area contributed by atoms with Crippen molar-refractivity contribution in [3.63, 3.8) is 0 Å². The molecule has 0 unspecified atom stereocenters. The van der Waals surface area contributed by atoms with Gasteiger partial charge in [-0.15, -0.1) is 0 Å². The topological polar surface area (TPSA) is 92.7 Å². The first-order valence-electron chi connectivity index (χ1n) is 7.39. The van der Waals surface area contributed by atoms with Gasteiger partial charge in [-0.2, -0.15) is 0 Å². The second-order valence-corrected chi connectivity index (χ2v) is 6.30. The number of fused-ring (bicyclic) bond motifs is 1. The van der Waals surface area contributed by atoms with E-state index in [1.807, 2.05) is 0 Å². The summed E-state index contributed by atoms with van der Waals surface area (Å²) < 4.78 is 5.32. The van der Waals surface area contributed by atoms with Crippen molar-refractivity contribution in [3.05, 3.63) is 29.8 Å². The van der Waals surface area contributed by atoms with Gasteiger partial charge in [0.2, 0.25) is 5.91 Å². The molecule has 22 heavy (non-hydrogen) atoms. The minimum atomic E-state index is -1.04. The average molecular weight is 301 g/mol. The van der Waals surface area contributed by atoms with E-state index in [9.17, 15) is 14.4 Å². The van der Waals surface area contributed by atoms with E-state index in [1.165, 1.54) is 12.1 Å².